The van der Waals surface area contributed by atoms with Gasteiger partial charge in [-0.05, 0) is 12.8 Å². The van der Waals surface area contributed by atoms with Gasteiger partial charge in [0, 0.05) is 19.2 Å². The molecule has 0 saturated heterocycles. The summed E-state index contributed by atoms with van der Waals surface area (Å²) >= 11 is 0. The second-order valence-corrected chi connectivity index (χ2v) is 5.17. The molecule has 0 heterocycles. The molecule has 0 aliphatic carbocycles. The normalized spacial score (nSPS) is 11.8. The molecule has 2 N–H and O–H groups in total. The monoisotopic (exact) mass is 255 g/mol. The number of aliphatic hydroxyl groups excluding tert-OH is 1. The third kappa shape index (κ3) is 13.4. The summed E-state index contributed by atoms with van der Waals surface area (Å²) in [7, 11) is 0. The van der Waals surface area contributed by atoms with Gasteiger partial charge in [0.15, 0.2) is 0 Å². The first-order chi connectivity index (χ1) is 8.81. The van der Waals surface area contributed by atoms with Gasteiger partial charge in [0.1, 0.15) is 5.76 Å². The predicted octanol–water partition coefficient (Wildman–Crippen LogP) is 5.31. The zero-order chi connectivity index (χ0) is 13.5. The van der Waals surface area contributed by atoms with Gasteiger partial charge < -0.3 is 10.4 Å². The largest absolute Gasteiger partial charge is 0.511 e. The van der Waals surface area contributed by atoms with Gasteiger partial charge in [-0.2, -0.15) is 0 Å². The van der Waals surface area contributed by atoms with Crippen molar-refractivity contribution in [3.05, 3.63) is 12.0 Å². The summed E-state index contributed by atoms with van der Waals surface area (Å²) in [5.41, 5.74) is 0. The zero-order valence-corrected chi connectivity index (χ0v) is 12.5. The lowest BCUT2D eigenvalue weighted by Gasteiger charge is -2.03. The Labute approximate surface area is 114 Å². The van der Waals surface area contributed by atoms with E-state index >= 15 is 0 Å². The fourth-order valence-electron chi connectivity index (χ4n) is 1.98. The van der Waals surface area contributed by atoms with Crippen molar-refractivity contribution in [1.29, 1.82) is 0 Å². The van der Waals surface area contributed by atoms with Crippen LogP contribution in [-0.2, 0) is 0 Å². The number of hydrogen-bond donors (Lipinski definition) is 2. The van der Waals surface area contributed by atoms with Crippen molar-refractivity contribution in [2.75, 3.05) is 6.54 Å². The van der Waals surface area contributed by atoms with Crippen LogP contribution in [0.5, 0.6) is 0 Å². The van der Waals surface area contributed by atoms with Gasteiger partial charge in [0.05, 0.1) is 0 Å². The summed E-state index contributed by atoms with van der Waals surface area (Å²) in [6.45, 7) is 5.39. The summed E-state index contributed by atoms with van der Waals surface area (Å²) in [6.07, 6.45) is 15.6. The molecule has 2 heteroatoms. The molecule has 0 rings (SSSR count). The molecule has 0 aromatic rings. The molecule has 0 radical (unpaired) electrons. The minimum absolute atomic E-state index is 0.497. The van der Waals surface area contributed by atoms with Crippen molar-refractivity contribution in [3.63, 3.8) is 0 Å². The minimum atomic E-state index is 0.497. The third-order valence-electron chi connectivity index (χ3n) is 3.23. The van der Waals surface area contributed by atoms with Crippen molar-refractivity contribution in [2.45, 2.75) is 84.5 Å². The zero-order valence-electron chi connectivity index (χ0n) is 12.5. The van der Waals surface area contributed by atoms with Gasteiger partial charge in [-0.25, -0.2) is 0 Å². The second-order valence-electron chi connectivity index (χ2n) is 5.17. The van der Waals surface area contributed by atoms with E-state index in [-0.39, 0.29) is 0 Å². The Bertz CT molecular complexity index is 190. The predicted molar refractivity (Wildman–Crippen MR) is 80.8 cm³/mol. The van der Waals surface area contributed by atoms with Crippen LogP contribution in [0.3, 0.4) is 0 Å². The van der Waals surface area contributed by atoms with Gasteiger partial charge in [-0.1, -0.05) is 65.2 Å². The topological polar surface area (TPSA) is 32.3 Å². The summed E-state index contributed by atoms with van der Waals surface area (Å²) in [5.74, 6) is 0.497. The third-order valence-corrected chi connectivity index (χ3v) is 3.23. The number of hydrogen-bond acceptors (Lipinski definition) is 2. The molecule has 0 aromatic heterocycles. The van der Waals surface area contributed by atoms with E-state index in [9.17, 15) is 5.11 Å². The van der Waals surface area contributed by atoms with Crippen LogP contribution in [-0.4, -0.2) is 11.7 Å². The molecule has 0 aliphatic heterocycles. The molecule has 0 saturated carbocycles. The first-order valence-corrected chi connectivity index (χ1v) is 7.92. The Morgan fingerprint density at radius 3 is 2.00 bits per heavy atom. The quantitative estimate of drug-likeness (QED) is 0.345. The number of nitrogens with one attached hydrogen (secondary N) is 1. The highest BCUT2D eigenvalue weighted by molar-refractivity contribution is 4.88. The van der Waals surface area contributed by atoms with E-state index in [4.69, 9.17) is 0 Å². The van der Waals surface area contributed by atoms with Crippen molar-refractivity contribution in [2.24, 2.45) is 0 Å². The Balaban J connectivity index is 3.15. The summed E-state index contributed by atoms with van der Waals surface area (Å²) < 4.78 is 0. The van der Waals surface area contributed by atoms with E-state index in [0.717, 1.165) is 25.8 Å². The van der Waals surface area contributed by atoms with Crippen LogP contribution >= 0.6 is 0 Å². The lowest BCUT2D eigenvalue weighted by molar-refractivity contribution is 0.378. The van der Waals surface area contributed by atoms with Crippen LogP contribution < -0.4 is 5.32 Å². The number of allylic oxidation sites excluding steroid dienone is 1. The van der Waals surface area contributed by atoms with Crippen LogP contribution in [0.25, 0.3) is 0 Å². The van der Waals surface area contributed by atoms with Gasteiger partial charge >= 0.3 is 0 Å². The van der Waals surface area contributed by atoms with Crippen LogP contribution in [0.15, 0.2) is 12.0 Å². The van der Waals surface area contributed by atoms with Gasteiger partial charge in [-0.3, -0.25) is 0 Å². The van der Waals surface area contributed by atoms with Crippen molar-refractivity contribution >= 4 is 0 Å². The van der Waals surface area contributed by atoms with E-state index in [1.807, 2.05) is 0 Å². The molecule has 0 bridgehead atoms. The highest BCUT2D eigenvalue weighted by atomic mass is 16.3. The Morgan fingerprint density at radius 2 is 1.39 bits per heavy atom. The lowest BCUT2D eigenvalue weighted by atomic mass is 10.1. The lowest BCUT2D eigenvalue weighted by Crippen LogP contribution is -2.08. The molecular formula is C16H33NO. The molecule has 18 heavy (non-hydrogen) atoms. The average molecular weight is 255 g/mol. The molecule has 108 valence electrons. The summed E-state index contributed by atoms with van der Waals surface area (Å²) in [4.78, 5) is 0. The van der Waals surface area contributed by atoms with Crippen LogP contribution in [0.1, 0.15) is 84.5 Å². The molecule has 0 atom stereocenters. The van der Waals surface area contributed by atoms with E-state index < -0.39 is 0 Å². The van der Waals surface area contributed by atoms with E-state index in [0.29, 0.717) is 5.76 Å². The number of aliphatic hydroxyl groups is 1. The standard InChI is InChI=1S/C16H33NO/c1-3-5-7-8-9-10-11-12-14-17-15-16(18)13-6-4-2/h15,17-18H,3-14H2,1-2H3. The minimum Gasteiger partial charge on any atom is -0.511 e. The van der Waals surface area contributed by atoms with Crippen molar-refractivity contribution in [1.82, 2.24) is 5.32 Å². The molecule has 0 unspecified atom stereocenters. The molecule has 0 aromatic carbocycles. The van der Waals surface area contributed by atoms with Crippen LogP contribution in [0, 0.1) is 0 Å². The molecule has 0 aliphatic rings. The maximum Gasteiger partial charge on any atom is 0.108 e. The SMILES string of the molecule is CCCCCCCCCCNC=C(O)CCCC. The maximum atomic E-state index is 9.50. The first-order valence-electron chi connectivity index (χ1n) is 7.92. The summed E-state index contributed by atoms with van der Waals surface area (Å²) in [5, 5.41) is 12.7. The highest BCUT2D eigenvalue weighted by Gasteiger charge is 1.93. The van der Waals surface area contributed by atoms with E-state index in [2.05, 4.69) is 19.2 Å². The van der Waals surface area contributed by atoms with Crippen molar-refractivity contribution in [3.8, 4) is 0 Å². The van der Waals surface area contributed by atoms with Gasteiger partial charge in [-0.15, -0.1) is 0 Å². The Kier molecular flexibility index (Phi) is 13.9. The van der Waals surface area contributed by atoms with Crippen molar-refractivity contribution < 1.29 is 5.11 Å². The smallest absolute Gasteiger partial charge is 0.108 e. The van der Waals surface area contributed by atoms with E-state index in [1.165, 1.54) is 51.4 Å². The fraction of sp³-hybridized carbons (Fsp3) is 0.875. The molecular weight excluding hydrogens is 222 g/mol. The first kappa shape index (κ1) is 17.3. The van der Waals surface area contributed by atoms with Crippen LogP contribution in [0.2, 0.25) is 0 Å². The number of rotatable bonds is 13. The highest BCUT2D eigenvalue weighted by Crippen LogP contribution is 2.08. The Hall–Kier alpha value is -0.660. The van der Waals surface area contributed by atoms with Crippen LogP contribution in [0.4, 0.5) is 0 Å². The number of unbranched alkanes of at least 4 members (excludes halogenated alkanes) is 8. The molecule has 0 spiro atoms. The fourth-order valence-corrected chi connectivity index (χ4v) is 1.98. The Morgan fingerprint density at radius 1 is 0.833 bits per heavy atom. The summed E-state index contributed by atoms with van der Waals surface area (Å²) in [6, 6.07) is 0. The van der Waals surface area contributed by atoms with Gasteiger partial charge in [0.25, 0.3) is 0 Å². The van der Waals surface area contributed by atoms with Gasteiger partial charge in [0.2, 0.25) is 0 Å². The molecule has 0 amide bonds. The molecule has 2 nitrogen and oxygen atoms in total. The van der Waals surface area contributed by atoms with E-state index in [1.54, 1.807) is 6.20 Å². The average Bonchev–Trinajstić information content (AvgIpc) is 2.38. The second kappa shape index (κ2) is 14.4. The maximum absolute atomic E-state index is 9.50. The molecule has 0 fully saturated rings.